The monoisotopic (exact) mass is 771 g/mol. The van der Waals surface area contributed by atoms with Crippen molar-refractivity contribution in [2.24, 2.45) is 64.1 Å². The van der Waals surface area contributed by atoms with Gasteiger partial charge >= 0.3 is 11.9 Å². The van der Waals surface area contributed by atoms with Crippen molar-refractivity contribution in [1.29, 1.82) is 0 Å². The first-order chi connectivity index (χ1) is 26.4. The van der Waals surface area contributed by atoms with Gasteiger partial charge in [0.2, 0.25) is 0 Å². The van der Waals surface area contributed by atoms with Gasteiger partial charge in [-0.3, -0.25) is 9.59 Å². The molecule has 0 aromatic rings. The normalized spacial score (nSPS) is 31.0. The number of ether oxygens (including phenoxy) is 2. The highest BCUT2D eigenvalue weighted by Crippen LogP contribution is 2.49. The maximum Gasteiger partial charge on any atom is 0.309 e. The number of rotatable bonds is 26. The summed E-state index contributed by atoms with van der Waals surface area (Å²) in [6.45, 7) is 22.5. The van der Waals surface area contributed by atoms with Gasteiger partial charge in [-0.15, -0.1) is 0 Å². The van der Waals surface area contributed by atoms with Crippen molar-refractivity contribution in [3.05, 3.63) is 0 Å². The van der Waals surface area contributed by atoms with E-state index in [0.29, 0.717) is 41.8 Å². The molecule has 0 saturated heterocycles. The number of hydrogen-bond donors (Lipinski definition) is 0. The van der Waals surface area contributed by atoms with Crippen molar-refractivity contribution in [3.8, 4) is 0 Å². The predicted molar refractivity (Wildman–Crippen MR) is 234 cm³/mol. The summed E-state index contributed by atoms with van der Waals surface area (Å²) in [6, 6.07) is 0. The van der Waals surface area contributed by atoms with Gasteiger partial charge in [-0.2, -0.15) is 0 Å². The summed E-state index contributed by atoms with van der Waals surface area (Å²) in [5.74, 6) is 3.59. The minimum absolute atomic E-state index is 0.136. The molecule has 4 nitrogen and oxygen atoms in total. The zero-order chi connectivity index (χ0) is 40.3. The zero-order valence-electron chi connectivity index (χ0n) is 38.3. The van der Waals surface area contributed by atoms with Gasteiger partial charge in [0.15, 0.2) is 0 Å². The Kier molecular flexibility index (Phi) is 22.3. The van der Waals surface area contributed by atoms with Crippen LogP contribution in [0.4, 0.5) is 0 Å². The topological polar surface area (TPSA) is 52.6 Å². The Balaban J connectivity index is 1.48. The molecule has 7 atom stereocenters. The van der Waals surface area contributed by atoms with E-state index in [9.17, 15) is 9.59 Å². The lowest BCUT2D eigenvalue weighted by Crippen LogP contribution is -2.39. The second kappa shape index (κ2) is 25.4. The summed E-state index contributed by atoms with van der Waals surface area (Å²) in [4.78, 5) is 27.4. The first-order valence-electron chi connectivity index (χ1n) is 24.7. The van der Waals surface area contributed by atoms with Crippen molar-refractivity contribution in [2.75, 3.05) is 13.2 Å². The largest absolute Gasteiger partial charge is 0.465 e. The van der Waals surface area contributed by atoms with Gasteiger partial charge in [0.25, 0.3) is 0 Å². The lowest BCUT2D eigenvalue weighted by atomic mass is 9.63. The van der Waals surface area contributed by atoms with Crippen molar-refractivity contribution in [1.82, 2.24) is 0 Å². The molecule has 3 saturated carbocycles. The lowest BCUT2D eigenvalue weighted by Gasteiger charge is -2.43. The van der Waals surface area contributed by atoms with E-state index < -0.39 is 0 Å². The smallest absolute Gasteiger partial charge is 0.309 e. The van der Waals surface area contributed by atoms with Crippen LogP contribution in [0.2, 0.25) is 0 Å². The molecule has 0 bridgehead atoms. The van der Waals surface area contributed by atoms with Crippen molar-refractivity contribution in [3.63, 3.8) is 0 Å². The van der Waals surface area contributed by atoms with Gasteiger partial charge < -0.3 is 9.47 Å². The van der Waals surface area contributed by atoms with E-state index in [4.69, 9.17) is 9.47 Å². The molecule has 3 aliphatic rings. The molecule has 0 aromatic carbocycles. The molecule has 7 unspecified atom stereocenters. The Morgan fingerprint density at radius 1 is 0.545 bits per heavy atom. The molecule has 0 aliphatic heterocycles. The zero-order valence-corrected chi connectivity index (χ0v) is 38.3. The van der Waals surface area contributed by atoms with Crippen LogP contribution in [0.25, 0.3) is 0 Å². The number of carbonyl (C=O) groups is 2. The molecule has 3 rings (SSSR count). The minimum Gasteiger partial charge on any atom is -0.465 e. The Labute approximate surface area is 343 Å². The number of hydrogen-bond acceptors (Lipinski definition) is 4. The van der Waals surface area contributed by atoms with E-state index in [0.717, 1.165) is 42.9 Å². The van der Waals surface area contributed by atoms with E-state index in [1.807, 2.05) is 0 Å². The van der Waals surface area contributed by atoms with E-state index >= 15 is 0 Å². The fourth-order valence-corrected chi connectivity index (χ4v) is 12.0. The summed E-state index contributed by atoms with van der Waals surface area (Å²) in [5, 5.41) is 0. The number of unbranched alkanes of at least 4 members (excludes halogenated alkanes) is 4. The van der Waals surface area contributed by atoms with E-state index in [-0.39, 0.29) is 23.8 Å². The van der Waals surface area contributed by atoms with Crippen molar-refractivity contribution >= 4 is 11.9 Å². The molecule has 3 aliphatic carbocycles. The van der Waals surface area contributed by atoms with Gasteiger partial charge in [0.1, 0.15) is 0 Å². The quantitative estimate of drug-likeness (QED) is 0.0822. The van der Waals surface area contributed by atoms with Crippen LogP contribution < -0.4 is 0 Å². The van der Waals surface area contributed by atoms with Crippen LogP contribution in [0.15, 0.2) is 0 Å². The summed E-state index contributed by atoms with van der Waals surface area (Å²) in [7, 11) is 0. The molecule has 322 valence electrons. The second-order valence-corrected chi connectivity index (χ2v) is 21.1. The van der Waals surface area contributed by atoms with Crippen LogP contribution in [0.5, 0.6) is 0 Å². The van der Waals surface area contributed by atoms with Crippen molar-refractivity contribution < 1.29 is 19.1 Å². The average Bonchev–Trinajstić information content (AvgIpc) is 3.16. The maximum atomic E-state index is 13.7. The molecule has 0 N–H and O–H groups in total. The van der Waals surface area contributed by atoms with Gasteiger partial charge in [-0.25, -0.2) is 0 Å². The highest BCUT2D eigenvalue weighted by Gasteiger charge is 2.42. The molecule has 3 fully saturated rings. The Hall–Kier alpha value is -1.06. The number of carbonyl (C=O) groups excluding carboxylic acids is 2. The van der Waals surface area contributed by atoms with Crippen LogP contribution in [0.1, 0.15) is 236 Å². The highest BCUT2D eigenvalue weighted by atomic mass is 16.5. The summed E-state index contributed by atoms with van der Waals surface area (Å²) < 4.78 is 12.3. The molecule has 55 heavy (non-hydrogen) atoms. The average molecular weight is 771 g/mol. The Bertz CT molecular complexity index is 1040. The highest BCUT2D eigenvalue weighted by molar-refractivity contribution is 5.82. The third-order valence-corrected chi connectivity index (χ3v) is 15.4. The molecule has 0 radical (unpaired) electrons. The predicted octanol–water partition coefficient (Wildman–Crippen LogP) is 15.3. The van der Waals surface area contributed by atoms with E-state index in [1.54, 1.807) is 0 Å². The van der Waals surface area contributed by atoms with Gasteiger partial charge in [-0.05, 0) is 161 Å². The lowest BCUT2D eigenvalue weighted by molar-refractivity contribution is -0.165. The molecule has 0 heterocycles. The fraction of sp³-hybridized carbons (Fsp3) is 0.961. The summed E-state index contributed by atoms with van der Waals surface area (Å²) in [6.07, 6.45) is 33.6. The standard InChI is InChI=1S/C51H94O4/c1-10-14-18-39(5)32-42(8)35-50(26-16-12-3)28-22-44(23-29-50)37-54-48(52)46-21-20-41(7)34-47(46)49(53)55-38-45-24-30-51(31-25-45,27-17-13-4)36-43(9)33-40(6)19-15-11-2/h39-47H,10-38H2,1-9H3. The first-order valence-corrected chi connectivity index (χ1v) is 24.7. The third-order valence-electron chi connectivity index (χ3n) is 15.4. The Morgan fingerprint density at radius 2 is 0.945 bits per heavy atom. The molecule has 0 amide bonds. The maximum absolute atomic E-state index is 13.7. The molecule has 4 heteroatoms. The SMILES string of the molecule is CCCCC(C)CC(C)CC1(CCCC)CCC(COC(=O)C2CCC(C)CC2C(=O)OCC2CCC(CCCC)(CC(C)CC(C)CCCC)CC2)CC1. The van der Waals surface area contributed by atoms with Crippen molar-refractivity contribution in [2.45, 2.75) is 236 Å². The summed E-state index contributed by atoms with van der Waals surface area (Å²) in [5.41, 5.74) is 0.934. The van der Waals surface area contributed by atoms with Crippen LogP contribution in [0, 0.1) is 64.1 Å². The summed E-state index contributed by atoms with van der Waals surface area (Å²) >= 11 is 0. The van der Waals surface area contributed by atoms with Crippen LogP contribution in [-0.4, -0.2) is 25.2 Å². The van der Waals surface area contributed by atoms with Crippen LogP contribution in [-0.2, 0) is 19.1 Å². The van der Waals surface area contributed by atoms with E-state index in [1.165, 1.54) is 154 Å². The number of esters is 2. The van der Waals surface area contributed by atoms with Gasteiger partial charge in [0.05, 0.1) is 25.0 Å². The first kappa shape index (κ1) is 48.3. The second-order valence-electron chi connectivity index (χ2n) is 21.1. The molecular weight excluding hydrogens is 677 g/mol. The van der Waals surface area contributed by atoms with Gasteiger partial charge in [-0.1, -0.05) is 127 Å². The van der Waals surface area contributed by atoms with Crippen LogP contribution >= 0.6 is 0 Å². The molecular formula is C51H94O4. The third kappa shape index (κ3) is 17.0. The fourth-order valence-electron chi connectivity index (χ4n) is 12.0. The molecule has 0 spiro atoms. The Morgan fingerprint density at radius 3 is 1.35 bits per heavy atom. The van der Waals surface area contributed by atoms with Gasteiger partial charge in [0, 0.05) is 0 Å². The molecule has 0 aromatic heterocycles. The minimum atomic E-state index is -0.353. The van der Waals surface area contributed by atoms with Crippen LogP contribution in [0.3, 0.4) is 0 Å². The van der Waals surface area contributed by atoms with E-state index in [2.05, 4.69) is 62.3 Å².